The van der Waals surface area contributed by atoms with Crippen molar-refractivity contribution in [3.63, 3.8) is 0 Å². The van der Waals surface area contributed by atoms with Gasteiger partial charge in [-0.2, -0.15) is 4.98 Å². The normalized spacial score (nSPS) is 17.7. The maximum atomic E-state index is 14.3. The Kier molecular flexibility index (Phi) is 5.76. The summed E-state index contributed by atoms with van der Waals surface area (Å²) < 4.78 is 19.9. The molecule has 1 heterocycles. The smallest absolute Gasteiger partial charge is 0.237 e. The molecule has 1 atom stereocenters. The Morgan fingerprint density at radius 3 is 2.65 bits per heavy atom. The molecule has 1 aliphatic carbocycles. The first-order valence-corrected chi connectivity index (χ1v) is 7.91. The zero-order valence-corrected chi connectivity index (χ0v) is 14.3. The summed E-state index contributed by atoms with van der Waals surface area (Å²) in [6, 6.07) is 7.23. The molecule has 0 bridgehead atoms. The molecule has 0 spiro atoms. The third-order valence-electron chi connectivity index (χ3n) is 4.71. The molecule has 1 aromatic heterocycles. The maximum absolute atomic E-state index is 14.3. The van der Waals surface area contributed by atoms with Crippen molar-refractivity contribution in [1.82, 2.24) is 15.5 Å². The zero-order valence-electron chi connectivity index (χ0n) is 13.5. The number of rotatable bonds is 5. The van der Waals surface area contributed by atoms with E-state index >= 15 is 0 Å². The van der Waals surface area contributed by atoms with Crippen LogP contribution in [0.15, 0.2) is 28.8 Å². The lowest BCUT2D eigenvalue weighted by molar-refractivity contribution is 0.303. The number of nitrogens with zero attached hydrogens (tertiary/aromatic N) is 2. The molecule has 1 aromatic carbocycles. The van der Waals surface area contributed by atoms with Crippen molar-refractivity contribution in [3.05, 3.63) is 47.4 Å². The highest BCUT2D eigenvalue weighted by molar-refractivity contribution is 5.85. The van der Waals surface area contributed by atoms with Crippen LogP contribution in [-0.4, -0.2) is 23.2 Å². The largest absolute Gasteiger partial charge is 0.338 e. The number of halogens is 2. The van der Waals surface area contributed by atoms with Crippen molar-refractivity contribution in [2.75, 3.05) is 7.05 Å². The van der Waals surface area contributed by atoms with Crippen LogP contribution in [0.5, 0.6) is 0 Å². The van der Waals surface area contributed by atoms with E-state index in [1.165, 1.54) is 6.07 Å². The summed E-state index contributed by atoms with van der Waals surface area (Å²) >= 11 is 0. The number of nitrogens with one attached hydrogen (secondary N) is 1. The van der Waals surface area contributed by atoms with Crippen molar-refractivity contribution in [2.45, 2.75) is 50.5 Å². The van der Waals surface area contributed by atoms with Gasteiger partial charge in [0.15, 0.2) is 5.82 Å². The van der Waals surface area contributed by atoms with E-state index in [0.717, 1.165) is 25.7 Å². The summed E-state index contributed by atoms with van der Waals surface area (Å²) in [6.45, 7) is 2.07. The van der Waals surface area contributed by atoms with E-state index in [1.54, 1.807) is 6.07 Å². The predicted octanol–water partition coefficient (Wildman–Crippen LogP) is 3.64. The van der Waals surface area contributed by atoms with Gasteiger partial charge in [-0.25, -0.2) is 4.39 Å². The topological polar surface area (TPSA) is 51.0 Å². The fourth-order valence-electron chi connectivity index (χ4n) is 3.33. The van der Waals surface area contributed by atoms with E-state index in [1.807, 2.05) is 19.2 Å². The molecule has 23 heavy (non-hydrogen) atoms. The van der Waals surface area contributed by atoms with Crippen LogP contribution in [0.2, 0.25) is 0 Å². The summed E-state index contributed by atoms with van der Waals surface area (Å²) in [6.07, 6.45) is 4.53. The van der Waals surface area contributed by atoms with Gasteiger partial charge < -0.3 is 9.84 Å². The molecule has 0 saturated heterocycles. The van der Waals surface area contributed by atoms with Crippen molar-refractivity contribution >= 4 is 12.4 Å². The Morgan fingerprint density at radius 1 is 1.30 bits per heavy atom. The van der Waals surface area contributed by atoms with Gasteiger partial charge in [-0.05, 0) is 32.9 Å². The molecule has 1 fully saturated rings. The second kappa shape index (κ2) is 7.41. The molecule has 1 N–H and O–H groups in total. The predicted molar refractivity (Wildman–Crippen MR) is 89.4 cm³/mol. The minimum atomic E-state index is -0.459. The van der Waals surface area contributed by atoms with Gasteiger partial charge in [-0.15, -0.1) is 12.4 Å². The number of hydrogen-bond acceptors (Lipinski definition) is 4. The van der Waals surface area contributed by atoms with Crippen LogP contribution >= 0.6 is 12.4 Å². The van der Waals surface area contributed by atoms with Crippen LogP contribution < -0.4 is 5.32 Å². The summed E-state index contributed by atoms with van der Waals surface area (Å²) in [5.41, 5.74) is 0.226. The number of likely N-dealkylation sites (N-methyl/N-ethyl adjacent to an activating group) is 1. The zero-order chi connectivity index (χ0) is 15.6. The lowest BCUT2D eigenvalue weighted by atomic mass is 9.78. The van der Waals surface area contributed by atoms with Crippen molar-refractivity contribution in [1.29, 1.82) is 0 Å². The SMILES string of the molecule is CNC(C)Cc1noc(C2(c3ccccc3F)CCCC2)n1.Cl. The van der Waals surface area contributed by atoms with E-state index in [2.05, 4.69) is 22.4 Å². The average Bonchev–Trinajstić information content (AvgIpc) is 3.17. The molecular formula is C17H23ClFN3O. The van der Waals surface area contributed by atoms with E-state index in [4.69, 9.17) is 4.52 Å². The van der Waals surface area contributed by atoms with Gasteiger partial charge in [-0.3, -0.25) is 0 Å². The van der Waals surface area contributed by atoms with Crippen LogP contribution in [0, 0.1) is 5.82 Å². The van der Waals surface area contributed by atoms with Crippen LogP contribution in [0.25, 0.3) is 0 Å². The molecule has 1 unspecified atom stereocenters. The number of aromatic nitrogens is 2. The Morgan fingerprint density at radius 2 is 2.00 bits per heavy atom. The molecule has 2 aromatic rings. The molecule has 126 valence electrons. The van der Waals surface area contributed by atoms with Crippen LogP contribution in [0.1, 0.15) is 49.9 Å². The van der Waals surface area contributed by atoms with Crippen LogP contribution in [0.3, 0.4) is 0 Å². The Labute approximate surface area is 142 Å². The second-order valence-corrected chi connectivity index (χ2v) is 6.18. The van der Waals surface area contributed by atoms with Crippen molar-refractivity contribution in [2.24, 2.45) is 0 Å². The van der Waals surface area contributed by atoms with Gasteiger partial charge >= 0.3 is 0 Å². The molecular weight excluding hydrogens is 317 g/mol. The van der Waals surface area contributed by atoms with E-state index in [-0.39, 0.29) is 24.3 Å². The third-order valence-corrected chi connectivity index (χ3v) is 4.71. The maximum Gasteiger partial charge on any atom is 0.237 e. The first-order chi connectivity index (χ1) is 10.7. The number of benzene rings is 1. The summed E-state index contributed by atoms with van der Waals surface area (Å²) in [7, 11) is 1.91. The summed E-state index contributed by atoms with van der Waals surface area (Å²) in [5, 5.41) is 7.26. The molecule has 0 radical (unpaired) electrons. The molecule has 1 aliphatic rings. The van der Waals surface area contributed by atoms with E-state index in [9.17, 15) is 4.39 Å². The quantitative estimate of drug-likeness (QED) is 0.903. The highest BCUT2D eigenvalue weighted by Crippen LogP contribution is 2.46. The minimum absolute atomic E-state index is 0. The molecule has 1 saturated carbocycles. The first kappa shape index (κ1) is 17.9. The standard InChI is InChI=1S/C17H22FN3O.ClH/c1-12(19-2)11-15-20-16(22-21-15)17(9-5-6-10-17)13-7-3-4-8-14(13)18;/h3-4,7-8,12,19H,5-6,9-11H2,1-2H3;1H. The highest BCUT2D eigenvalue weighted by Gasteiger charge is 2.44. The average molecular weight is 340 g/mol. The van der Waals surface area contributed by atoms with Crippen LogP contribution in [0.4, 0.5) is 4.39 Å². The molecule has 3 rings (SSSR count). The molecule has 6 heteroatoms. The van der Waals surface area contributed by atoms with Gasteiger partial charge in [0.1, 0.15) is 5.82 Å². The fourth-order valence-corrected chi connectivity index (χ4v) is 3.33. The van der Waals surface area contributed by atoms with Gasteiger partial charge in [0.2, 0.25) is 5.89 Å². The minimum Gasteiger partial charge on any atom is -0.338 e. The number of hydrogen-bond donors (Lipinski definition) is 1. The molecule has 0 aliphatic heterocycles. The van der Waals surface area contributed by atoms with E-state index < -0.39 is 5.41 Å². The van der Waals surface area contributed by atoms with E-state index in [0.29, 0.717) is 23.7 Å². The summed E-state index contributed by atoms with van der Waals surface area (Å²) in [4.78, 5) is 4.59. The first-order valence-electron chi connectivity index (χ1n) is 7.91. The summed E-state index contributed by atoms with van der Waals surface area (Å²) in [5.74, 6) is 1.06. The third kappa shape index (κ3) is 3.40. The fraction of sp³-hybridized carbons (Fsp3) is 0.529. The highest BCUT2D eigenvalue weighted by atomic mass is 35.5. The lowest BCUT2D eigenvalue weighted by Crippen LogP contribution is -2.26. The lowest BCUT2D eigenvalue weighted by Gasteiger charge is -2.25. The Hall–Kier alpha value is -1.46. The van der Waals surface area contributed by atoms with Gasteiger partial charge in [-0.1, -0.05) is 36.2 Å². The van der Waals surface area contributed by atoms with Gasteiger partial charge in [0, 0.05) is 18.0 Å². The second-order valence-electron chi connectivity index (χ2n) is 6.18. The van der Waals surface area contributed by atoms with Crippen molar-refractivity contribution < 1.29 is 8.91 Å². The monoisotopic (exact) mass is 339 g/mol. The Bertz CT molecular complexity index is 640. The Balaban J connectivity index is 0.00000192. The molecule has 4 nitrogen and oxygen atoms in total. The van der Waals surface area contributed by atoms with Crippen molar-refractivity contribution in [3.8, 4) is 0 Å². The van der Waals surface area contributed by atoms with Gasteiger partial charge in [0.25, 0.3) is 0 Å². The molecule has 0 amide bonds. The van der Waals surface area contributed by atoms with Gasteiger partial charge in [0.05, 0.1) is 5.41 Å². The van der Waals surface area contributed by atoms with Crippen LogP contribution in [-0.2, 0) is 11.8 Å².